The third kappa shape index (κ3) is 1.86. The summed E-state index contributed by atoms with van der Waals surface area (Å²) in [5.41, 5.74) is 1.29. The fourth-order valence-electron chi connectivity index (χ4n) is 1.14. The van der Waals surface area contributed by atoms with Crippen molar-refractivity contribution >= 4 is 56.8 Å². The SMILES string of the molecule is Ic1nc2c(s1)CCN(I)C2. The van der Waals surface area contributed by atoms with E-state index in [2.05, 4.69) is 53.6 Å². The highest BCUT2D eigenvalue weighted by Gasteiger charge is 2.17. The summed E-state index contributed by atoms with van der Waals surface area (Å²) in [4.78, 5) is 5.95. The van der Waals surface area contributed by atoms with Crippen LogP contribution >= 0.6 is 56.8 Å². The van der Waals surface area contributed by atoms with Crippen LogP contribution in [0.5, 0.6) is 0 Å². The number of nitrogens with zero attached hydrogens (tertiary/aromatic N) is 2. The van der Waals surface area contributed by atoms with Gasteiger partial charge in [0.25, 0.3) is 0 Å². The standard InChI is InChI=1S/C6H6I2N2S/c7-6-9-4-3-10(8)2-1-5(4)11-6/h1-3H2. The predicted molar refractivity (Wildman–Crippen MR) is 63.0 cm³/mol. The number of aromatic nitrogens is 1. The monoisotopic (exact) mass is 392 g/mol. The molecule has 0 atom stereocenters. The van der Waals surface area contributed by atoms with E-state index in [-0.39, 0.29) is 0 Å². The lowest BCUT2D eigenvalue weighted by Crippen LogP contribution is -2.20. The van der Waals surface area contributed by atoms with Gasteiger partial charge >= 0.3 is 0 Å². The van der Waals surface area contributed by atoms with Gasteiger partial charge in [-0.15, -0.1) is 11.3 Å². The van der Waals surface area contributed by atoms with Crippen LogP contribution in [0.3, 0.4) is 0 Å². The molecule has 1 aromatic rings. The summed E-state index contributed by atoms with van der Waals surface area (Å²) in [6, 6.07) is 0. The third-order valence-electron chi connectivity index (χ3n) is 1.65. The molecule has 2 rings (SSSR count). The minimum Gasteiger partial charge on any atom is -0.241 e. The number of halogens is 2. The average molecular weight is 392 g/mol. The van der Waals surface area contributed by atoms with Gasteiger partial charge in [0.1, 0.15) is 0 Å². The first kappa shape index (κ1) is 8.64. The highest BCUT2D eigenvalue weighted by Crippen LogP contribution is 2.26. The highest BCUT2D eigenvalue weighted by molar-refractivity contribution is 14.1. The average Bonchev–Trinajstić information content (AvgIpc) is 2.27. The molecular weight excluding hydrogens is 386 g/mol. The van der Waals surface area contributed by atoms with Gasteiger partial charge < -0.3 is 0 Å². The first-order valence-corrected chi connectivity index (χ1v) is 6.16. The Bertz CT molecular complexity index is 274. The van der Waals surface area contributed by atoms with Gasteiger partial charge in [0.2, 0.25) is 0 Å². The molecule has 0 amide bonds. The molecule has 2 heterocycles. The quantitative estimate of drug-likeness (QED) is 0.499. The Hall–Kier alpha value is 1.05. The molecule has 1 aromatic heterocycles. The van der Waals surface area contributed by atoms with Crippen molar-refractivity contribution in [3.05, 3.63) is 13.6 Å². The molecule has 0 saturated heterocycles. The van der Waals surface area contributed by atoms with Gasteiger partial charge in [-0.2, -0.15) is 0 Å². The lowest BCUT2D eigenvalue weighted by Gasteiger charge is -2.18. The lowest BCUT2D eigenvalue weighted by atomic mass is 10.2. The molecular formula is C6H6I2N2S. The predicted octanol–water partition coefficient (Wildman–Crippen LogP) is 2.46. The molecule has 1 aliphatic rings. The van der Waals surface area contributed by atoms with Crippen LogP contribution in [0.2, 0.25) is 0 Å². The van der Waals surface area contributed by atoms with Crippen LogP contribution in [0, 0.1) is 3.01 Å². The van der Waals surface area contributed by atoms with Crippen molar-refractivity contribution < 1.29 is 0 Å². The normalized spacial score (nSPS) is 18.4. The van der Waals surface area contributed by atoms with Gasteiger partial charge in [0.15, 0.2) is 3.01 Å². The molecule has 0 bridgehead atoms. The minimum atomic E-state index is 1.02. The summed E-state index contributed by atoms with van der Waals surface area (Å²) in [5, 5.41) is 0. The Morgan fingerprint density at radius 3 is 3.18 bits per heavy atom. The van der Waals surface area contributed by atoms with Crippen molar-refractivity contribution in [2.75, 3.05) is 6.54 Å². The number of hydrogen-bond donors (Lipinski definition) is 0. The Kier molecular flexibility index (Phi) is 2.69. The van der Waals surface area contributed by atoms with E-state index in [1.165, 1.54) is 26.6 Å². The van der Waals surface area contributed by atoms with E-state index in [9.17, 15) is 0 Å². The highest BCUT2D eigenvalue weighted by atomic mass is 127. The zero-order chi connectivity index (χ0) is 7.84. The smallest absolute Gasteiger partial charge is 0.154 e. The second-order valence-electron chi connectivity index (χ2n) is 2.43. The molecule has 2 nitrogen and oxygen atoms in total. The Balaban J connectivity index is 2.34. The fourth-order valence-corrected chi connectivity index (χ4v) is 3.57. The number of fused-ring (bicyclic) bond motifs is 1. The zero-order valence-corrected chi connectivity index (χ0v) is 10.8. The fraction of sp³-hybridized carbons (Fsp3) is 0.500. The molecule has 11 heavy (non-hydrogen) atoms. The first-order valence-electron chi connectivity index (χ1n) is 3.30. The van der Waals surface area contributed by atoms with E-state index in [0.29, 0.717) is 0 Å². The molecule has 0 unspecified atom stereocenters. The molecule has 0 aliphatic carbocycles. The zero-order valence-electron chi connectivity index (χ0n) is 5.68. The van der Waals surface area contributed by atoms with Crippen LogP contribution in [-0.4, -0.2) is 14.6 Å². The van der Waals surface area contributed by atoms with Crippen LogP contribution < -0.4 is 0 Å². The van der Waals surface area contributed by atoms with E-state index in [4.69, 9.17) is 0 Å². The van der Waals surface area contributed by atoms with Gasteiger partial charge in [0.05, 0.1) is 12.2 Å². The van der Waals surface area contributed by atoms with Crippen LogP contribution in [0.15, 0.2) is 0 Å². The van der Waals surface area contributed by atoms with Gasteiger partial charge in [-0.3, -0.25) is 0 Å². The van der Waals surface area contributed by atoms with Crippen molar-refractivity contribution in [3.63, 3.8) is 0 Å². The van der Waals surface area contributed by atoms with Crippen molar-refractivity contribution in [1.82, 2.24) is 8.10 Å². The summed E-state index contributed by atoms with van der Waals surface area (Å²) in [6.45, 7) is 2.20. The largest absolute Gasteiger partial charge is 0.241 e. The summed E-state index contributed by atoms with van der Waals surface area (Å²) in [6.07, 6.45) is 1.18. The number of thiazole rings is 1. The van der Waals surface area contributed by atoms with E-state index in [1.54, 1.807) is 0 Å². The van der Waals surface area contributed by atoms with E-state index < -0.39 is 0 Å². The Labute approximate surface area is 97.0 Å². The van der Waals surface area contributed by atoms with Crippen molar-refractivity contribution in [2.24, 2.45) is 0 Å². The van der Waals surface area contributed by atoms with Gasteiger partial charge in [-0.05, 0) is 29.0 Å². The molecule has 0 fully saturated rings. The third-order valence-corrected chi connectivity index (χ3v) is 4.33. The number of rotatable bonds is 0. The minimum absolute atomic E-state index is 1.02. The number of hydrogen-bond acceptors (Lipinski definition) is 3. The van der Waals surface area contributed by atoms with E-state index in [0.717, 1.165) is 6.54 Å². The maximum absolute atomic E-state index is 4.46. The van der Waals surface area contributed by atoms with Crippen molar-refractivity contribution in [3.8, 4) is 0 Å². The van der Waals surface area contributed by atoms with Gasteiger partial charge in [-0.1, -0.05) is 0 Å². The van der Waals surface area contributed by atoms with Crippen LogP contribution in [0.1, 0.15) is 10.6 Å². The molecule has 60 valence electrons. The van der Waals surface area contributed by atoms with Crippen LogP contribution in [-0.2, 0) is 13.0 Å². The molecule has 0 saturated carbocycles. The summed E-state index contributed by atoms with van der Waals surface area (Å²) in [5.74, 6) is 0. The maximum atomic E-state index is 4.46. The van der Waals surface area contributed by atoms with Crippen molar-refractivity contribution in [2.45, 2.75) is 13.0 Å². The van der Waals surface area contributed by atoms with Gasteiger partial charge in [0, 0.05) is 34.3 Å². The molecule has 1 aliphatic heterocycles. The Morgan fingerprint density at radius 2 is 2.36 bits per heavy atom. The summed E-state index contributed by atoms with van der Waals surface area (Å²) < 4.78 is 3.47. The lowest BCUT2D eigenvalue weighted by molar-refractivity contribution is 0.477. The topological polar surface area (TPSA) is 16.1 Å². The molecule has 0 aromatic carbocycles. The Morgan fingerprint density at radius 1 is 1.55 bits per heavy atom. The first-order chi connectivity index (χ1) is 5.25. The summed E-state index contributed by atoms with van der Waals surface area (Å²) in [7, 11) is 0. The van der Waals surface area contributed by atoms with Crippen molar-refractivity contribution in [1.29, 1.82) is 0 Å². The van der Waals surface area contributed by atoms with Crippen LogP contribution in [0.25, 0.3) is 0 Å². The molecule has 5 heteroatoms. The van der Waals surface area contributed by atoms with Gasteiger partial charge in [-0.25, -0.2) is 8.10 Å². The second-order valence-corrected chi connectivity index (χ2v) is 6.63. The van der Waals surface area contributed by atoms with E-state index >= 15 is 0 Å². The van der Waals surface area contributed by atoms with E-state index in [1.807, 2.05) is 11.3 Å². The molecule has 0 N–H and O–H groups in total. The molecule has 0 radical (unpaired) electrons. The maximum Gasteiger partial charge on any atom is 0.154 e. The van der Waals surface area contributed by atoms with Crippen LogP contribution in [0.4, 0.5) is 0 Å². The molecule has 0 spiro atoms. The summed E-state index contributed by atoms with van der Waals surface area (Å²) >= 11 is 6.49. The second kappa shape index (κ2) is 3.43.